The first kappa shape index (κ1) is 10.0. The maximum absolute atomic E-state index is 10.9. The molecule has 0 heterocycles. The number of amides is 1. The molecule has 0 aliphatic rings. The van der Waals surface area contributed by atoms with Gasteiger partial charge in [0.05, 0.1) is 6.54 Å². The lowest BCUT2D eigenvalue weighted by Crippen LogP contribution is -2.24. The molecule has 0 rings (SSSR count). The van der Waals surface area contributed by atoms with Crippen LogP contribution >= 0.6 is 0 Å². The number of hydrogen-bond acceptors (Lipinski definition) is 1. The summed E-state index contributed by atoms with van der Waals surface area (Å²) in [5.74, 6) is 5.99. The minimum Gasteiger partial charge on any atom is -0.345 e. The summed E-state index contributed by atoms with van der Waals surface area (Å²) in [7, 11) is 0. The van der Waals surface area contributed by atoms with Gasteiger partial charge in [0.15, 0.2) is 0 Å². The highest BCUT2D eigenvalue weighted by Gasteiger charge is 2.01. The molecule has 0 unspecified atom stereocenters. The van der Waals surface area contributed by atoms with E-state index < -0.39 is 0 Å². The molecule has 0 atom stereocenters. The molecule has 0 spiro atoms. The molecule has 2 nitrogen and oxygen atoms in total. The molecular weight excluding hydrogens is 138 g/mol. The highest BCUT2D eigenvalue weighted by molar-refractivity contribution is 5.76. The molecule has 0 aliphatic heterocycles. The molecule has 0 saturated carbocycles. The van der Waals surface area contributed by atoms with Crippen molar-refractivity contribution in [3.63, 3.8) is 0 Å². The van der Waals surface area contributed by atoms with Crippen molar-refractivity contribution in [1.82, 2.24) is 5.32 Å². The summed E-state index contributed by atoms with van der Waals surface area (Å²) in [6.07, 6.45) is 0.589. The van der Waals surface area contributed by atoms with E-state index in [1.165, 1.54) is 0 Å². The fourth-order valence-electron chi connectivity index (χ4n) is 0.674. The lowest BCUT2D eigenvalue weighted by atomic mass is 10.1. The fourth-order valence-corrected chi connectivity index (χ4v) is 0.674. The van der Waals surface area contributed by atoms with Crippen molar-refractivity contribution in [2.75, 3.05) is 6.54 Å². The number of carbonyl (C=O) groups is 1. The zero-order valence-corrected chi connectivity index (χ0v) is 7.40. The van der Waals surface area contributed by atoms with Crippen molar-refractivity contribution in [1.29, 1.82) is 0 Å². The van der Waals surface area contributed by atoms with E-state index in [2.05, 4.69) is 17.2 Å². The predicted octanol–water partition coefficient (Wildman–Crippen LogP) is 1.42. The van der Waals surface area contributed by atoms with Gasteiger partial charge in [-0.2, -0.15) is 0 Å². The summed E-state index contributed by atoms with van der Waals surface area (Å²) in [6, 6.07) is 0. The topological polar surface area (TPSA) is 29.1 Å². The Hall–Kier alpha value is -0.970. The average molecular weight is 155 g/mol. The van der Waals surface area contributed by atoms with E-state index in [4.69, 9.17) is 0 Å². The summed E-state index contributed by atoms with van der Waals surface area (Å²) in [4.78, 5) is 10.9. The quantitative estimate of drug-likeness (QED) is 0.613. The largest absolute Gasteiger partial charge is 0.345 e. The van der Waals surface area contributed by atoms with Crippen molar-refractivity contribution < 1.29 is 6.22 Å². The molecule has 64 valence electrons. The minimum absolute atomic E-state index is 0. The number of rotatable bonds is 3. The molecule has 0 bridgehead atoms. The molecule has 0 aromatic heterocycles. The molecule has 1 amide bonds. The van der Waals surface area contributed by atoms with E-state index in [0.717, 1.165) is 0 Å². The Morgan fingerprint density at radius 2 is 2.27 bits per heavy atom. The Balaban J connectivity index is 0. The van der Waals surface area contributed by atoms with Crippen LogP contribution in [0.1, 0.15) is 28.6 Å². The van der Waals surface area contributed by atoms with Gasteiger partial charge in [-0.1, -0.05) is 19.8 Å². The highest BCUT2D eigenvalue weighted by atomic mass is 16.1. The van der Waals surface area contributed by atoms with E-state index in [-0.39, 0.29) is 7.33 Å². The van der Waals surface area contributed by atoms with Crippen LogP contribution in [0.3, 0.4) is 0 Å². The van der Waals surface area contributed by atoms with Crippen LogP contribution in [0.5, 0.6) is 0 Å². The van der Waals surface area contributed by atoms with E-state index in [9.17, 15) is 4.79 Å². The standard InChI is InChI=1S/C9H15NO.H2/c1-4-5-6-10-9(11)7-8(2)3;/h8H,6-7H2,1-3H3,(H,10,11);1H. The molecule has 0 saturated heterocycles. The van der Waals surface area contributed by atoms with Crippen LogP contribution in [0.2, 0.25) is 0 Å². The number of carbonyl (C=O) groups excluding carboxylic acids is 1. The van der Waals surface area contributed by atoms with Gasteiger partial charge >= 0.3 is 0 Å². The second kappa shape index (κ2) is 5.79. The SMILES string of the molecule is CC#CCNC(=O)CC(C)C.[HH]. The molecule has 1 N–H and O–H groups in total. The molecule has 0 aromatic carbocycles. The summed E-state index contributed by atoms with van der Waals surface area (Å²) < 4.78 is 0. The first-order chi connectivity index (χ1) is 5.16. The van der Waals surface area contributed by atoms with E-state index in [0.29, 0.717) is 18.9 Å². The Morgan fingerprint density at radius 3 is 2.73 bits per heavy atom. The van der Waals surface area contributed by atoms with E-state index >= 15 is 0 Å². The first-order valence-corrected chi connectivity index (χ1v) is 3.83. The van der Waals surface area contributed by atoms with E-state index in [1.54, 1.807) is 6.92 Å². The lowest BCUT2D eigenvalue weighted by Gasteiger charge is -2.02. The molecule has 2 heteroatoms. The average Bonchev–Trinajstić information content (AvgIpc) is 1.86. The Kier molecular flexibility index (Phi) is 5.28. The van der Waals surface area contributed by atoms with Crippen LogP contribution in [0.25, 0.3) is 0 Å². The molecule has 0 aliphatic carbocycles. The van der Waals surface area contributed by atoms with E-state index in [1.807, 2.05) is 13.8 Å². The summed E-state index contributed by atoms with van der Waals surface area (Å²) in [5.41, 5.74) is 0. The summed E-state index contributed by atoms with van der Waals surface area (Å²) >= 11 is 0. The number of nitrogens with one attached hydrogen (secondary N) is 1. The van der Waals surface area contributed by atoms with Crippen LogP contribution in [-0.4, -0.2) is 12.5 Å². The predicted molar refractivity (Wildman–Crippen MR) is 48.0 cm³/mol. The third kappa shape index (κ3) is 6.92. The second-order valence-corrected chi connectivity index (χ2v) is 2.80. The van der Waals surface area contributed by atoms with Gasteiger partial charge in [-0.05, 0) is 12.8 Å². The van der Waals surface area contributed by atoms with Crippen molar-refractivity contribution in [2.45, 2.75) is 27.2 Å². The minimum atomic E-state index is 0. The highest BCUT2D eigenvalue weighted by Crippen LogP contribution is 1.97. The fraction of sp³-hybridized carbons (Fsp3) is 0.667. The third-order valence-electron chi connectivity index (χ3n) is 1.14. The smallest absolute Gasteiger partial charge is 0.221 e. The Bertz CT molecular complexity index is 179. The lowest BCUT2D eigenvalue weighted by molar-refractivity contribution is -0.121. The van der Waals surface area contributed by atoms with Crippen molar-refractivity contribution >= 4 is 5.91 Å². The summed E-state index contributed by atoms with van der Waals surface area (Å²) in [6.45, 7) is 6.27. The Labute approximate surface area is 69.9 Å². The van der Waals surface area contributed by atoms with Crippen LogP contribution < -0.4 is 5.32 Å². The second-order valence-electron chi connectivity index (χ2n) is 2.80. The van der Waals surface area contributed by atoms with Gasteiger partial charge < -0.3 is 5.32 Å². The molecular formula is C9H17NO. The summed E-state index contributed by atoms with van der Waals surface area (Å²) in [5, 5.41) is 2.70. The van der Waals surface area contributed by atoms with Crippen LogP contribution in [0.4, 0.5) is 0 Å². The number of hydrogen-bond donors (Lipinski definition) is 1. The molecule has 0 radical (unpaired) electrons. The van der Waals surface area contributed by atoms with Crippen LogP contribution in [-0.2, 0) is 4.79 Å². The van der Waals surface area contributed by atoms with Crippen molar-refractivity contribution in [2.24, 2.45) is 5.92 Å². The van der Waals surface area contributed by atoms with Crippen molar-refractivity contribution in [3.05, 3.63) is 0 Å². The Morgan fingerprint density at radius 1 is 1.64 bits per heavy atom. The first-order valence-electron chi connectivity index (χ1n) is 3.83. The zero-order valence-electron chi connectivity index (χ0n) is 7.40. The van der Waals surface area contributed by atoms with Gasteiger partial charge in [-0.25, -0.2) is 0 Å². The van der Waals surface area contributed by atoms with Gasteiger partial charge in [0.25, 0.3) is 0 Å². The van der Waals surface area contributed by atoms with Gasteiger partial charge in [-0.15, -0.1) is 5.92 Å². The van der Waals surface area contributed by atoms with Crippen LogP contribution in [0.15, 0.2) is 0 Å². The van der Waals surface area contributed by atoms with Gasteiger partial charge in [0, 0.05) is 7.85 Å². The van der Waals surface area contributed by atoms with Gasteiger partial charge in [0.2, 0.25) is 5.91 Å². The van der Waals surface area contributed by atoms with Crippen molar-refractivity contribution in [3.8, 4) is 11.8 Å². The van der Waals surface area contributed by atoms with Gasteiger partial charge in [0.1, 0.15) is 0 Å². The zero-order chi connectivity index (χ0) is 8.69. The van der Waals surface area contributed by atoms with Crippen LogP contribution in [0, 0.1) is 17.8 Å². The normalized spacial score (nSPS) is 8.73. The monoisotopic (exact) mass is 155 g/mol. The maximum atomic E-state index is 10.9. The maximum Gasteiger partial charge on any atom is 0.221 e. The molecule has 0 fully saturated rings. The molecule has 11 heavy (non-hydrogen) atoms. The molecule has 0 aromatic rings. The van der Waals surface area contributed by atoms with Gasteiger partial charge in [-0.3, -0.25) is 4.79 Å². The third-order valence-corrected chi connectivity index (χ3v) is 1.14.